The molecule has 0 atom stereocenters. The van der Waals surface area contributed by atoms with Crippen LogP contribution in [0.4, 0.5) is 0 Å². The molecule has 102 valence electrons. The van der Waals surface area contributed by atoms with Crippen molar-refractivity contribution in [2.24, 2.45) is 5.73 Å². The molecular weight excluding hydrogens is 280 g/mol. The molecule has 1 aromatic carbocycles. The van der Waals surface area contributed by atoms with Crippen LogP contribution in [0.15, 0.2) is 29.2 Å². The Morgan fingerprint density at radius 1 is 1.21 bits per heavy atom. The van der Waals surface area contributed by atoms with Crippen molar-refractivity contribution in [1.82, 2.24) is 4.98 Å². The van der Waals surface area contributed by atoms with Gasteiger partial charge in [-0.1, -0.05) is 17.7 Å². The second-order valence-electron chi connectivity index (χ2n) is 4.39. The summed E-state index contributed by atoms with van der Waals surface area (Å²) in [5.74, 6) is -0.0679. The van der Waals surface area contributed by atoms with Gasteiger partial charge >= 0.3 is 0 Å². The van der Waals surface area contributed by atoms with Gasteiger partial charge in [0.1, 0.15) is 10.8 Å². The van der Waals surface area contributed by atoms with Gasteiger partial charge in [0, 0.05) is 11.4 Å². The predicted octanol–water partition coefficient (Wildman–Crippen LogP) is 2.19. The zero-order valence-corrected chi connectivity index (χ0v) is 12.5. The molecule has 1 heterocycles. The molecule has 1 aromatic heterocycles. The number of aromatic nitrogens is 1. The molecule has 2 rings (SSSR count). The molecule has 0 unspecified atom stereocenters. The fourth-order valence-corrected chi connectivity index (χ4v) is 4.28. The second kappa shape index (κ2) is 5.40. The number of thiazole rings is 1. The lowest BCUT2D eigenvalue weighted by Gasteiger charge is -2.02. The van der Waals surface area contributed by atoms with Crippen LogP contribution in [-0.2, 0) is 22.1 Å². The Kier molecular flexibility index (Phi) is 4.03. The fraction of sp³-hybridized carbons (Fsp3) is 0.308. The number of hydrogen-bond donors (Lipinski definition) is 1. The minimum Gasteiger partial charge on any atom is -0.326 e. The third-order valence-corrected chi connectivity index (χ3v) is 5.82. The molecule has 0 spiro atoms. The molecule has 0 aliphatic rings. The maximum absolute atomic E-state index is 12.3. The van der Waals surface area contributed by atoms with E-state index in [0.717, 1.165) is 16.1 Å². The molecule has 0 aliphatic heterocycles. The Morgan fingerprint density at radius 2 is 1.84 bits per heavy atom. The van der Waals surface area contributed by atoms with E-state index < -0.39 is 9.84 Å². The first-order chi connectivity index (χ1) is 8.92. The second-order valence-corrected chi connectivity index (χ2v) is 7.55. The predicted molar refractivity (Wildman–Crippen MR) is 76.8 cm³/mol. The molecule has 19 heavy (non-hydrogen) atoms. The SMILES string of the molecule is Cc1ccc(S(=O)(=O)Cc2nc(C)c(CN)s2)cc1. The Labute approximate surface area is 117 Å². The summed E-state index contributed by atoms with van der Waals surface area (Å²) in [7, 11) is -3.33. The van der Waals surface area contributed by atoms with E-state index in [1.807, 2.05) is 13.8 Å². The number of nitrogens with zero attached hydrogens (tertiary/aromatic N) is 1. The van der Waals surface area contributed by atoms with Crippen LogP contribution in [0.25, 0.3) is 0 Å². The molecule has 4 nitrogen and oxygen atoms in total. The Balaban J connectivity index is 2.28. The number of rotatable bonds is 4. The van der Waals surface area contributed by atoms with E-state index in [2.05, 4.69) is 4.98 Å². The highest BCUT2D eigenvalue weighted by Crippen LogP contribution is 2.22. The molecule has 0 saturated carbocycles. The van der Waals surface area contributed by atoms with Crippen molar-refractivity contribution in [1.29, 1.82) is 0 Å². The molecule has 0 fully saturated rings. The smallest absolute Gasteiger partial charge is 0.184 e. The van der Waals surface area contributed by atoms with Crippen molar-refractivity contribution < 1.29 is 8.42 Å². The van der Waals surface area contributed by atoms with Crippen LogP contribution in [0.1, 0.15) is 21.1 Å². The first-order valence-corrected chi connectivity index (χ1v) is 8.34. The number of sulfone groups is 1. The van der Waals surface area contributed by atoms with Crippen molar-refractivity contribution >= 4 is 21.2 Å². The average Bonchev–Trinajstić information content (AvgIpc) is 2.69. The summed E-state index contributed by atoms with van der Waals surface area (Å²) < 4.78 is 24.5. The minimum absolute atomic E-state index is 0.0679. The van der Waals surface area contributed by atoms with E-state index in [1.165, 1.54) is 11.3 Å². The summed E-state index contributed by atoms with van der Waals surface area (Å²) in [5.41, 5.74) is 7.43. The molecule has 0 radical (unpaired) electrons. The molecule has 0 bridgehead atoms. The van der Waals surface area contributed by atoms with E-state index in [4.69, 9.17) is 5.73 Å². The van der Waals surface area contributed by atoms with Crippen molar-refractivity contribution in [2.45, 2.75) is 31.0 Å². The van der Waals surface area contributed by atoms with Crippen LogP contribution in [0.2, 0.25) is 0 Å². The Bertz CT molecular complexity index is 673. The average molecular weight is 296 g/mol. The summed E-state index contributed by atoms with van der Waals surface area (Å²) >= 11 is 1.37. The molecule has 2 N–H and O–H groups in total. The summed E-state index contributed by atoms with van der Waals surface area (Å²) in [4.78, 5) is 5.54. The standard InChI is InChI=1S/C13H16N2O2S2/c1-9-3-5-11(6-4-9)19(16,17)8-13-15-10(2)12(7-14)18-13/h3-6H,7-8,14H2,1-2H3. The lowest BCUT2D eigenvalue weighted by molar-refractivity contribution is 0.595. The number of hydrogen-bond acceptors (Lipinski definition) is 5. The normalized spacial score (nSPS) is 11.7. The van der Waals surface area contributed by atoms with Crippen molar-refractivity contribution in [3.63, 3.8) is 0 Å². The Morgan fingerprint density at radius 3 is 2.37 bits per heavy atom. The van der Waals surface area contributed by atoms with Gasteiger partial charge in [-0.3, -0.25) is 0 Å². The number of nitrogens with two attached hydrogens (primary N) is 1. The lowest BCUT2D eigenvalue weighted by atomic mass is 10.2. The zero-order valence-electron chi connectivity index (χ0n) is 10.9. The van der Waals surface area contributed by atoms with Crippen LogP contribution in [-0.4, -0.2) is 13.4 Å². The van der Waals surface area contributed by atoms with Gasteiger partial charge < -0.3 is 5.73 Å². The van der Waals surface area contributed by atoms with E-state index >= 15 is 0 Å². The highest BCUT2D eigenvalue weighted by molar-refractivity contribution is 7.90. The van der Waals surface area contributed by atoms with Gasteiger partial charge in [0.25, 0.3) is 0 Å². The van der Waals surface area contributed by atoms with Crippen LogP contribution >= 0.6 is 11.3 Å². The first kappa shape index (κ1) is 14.2. The van der Waals surface area contributed by atoms with Crippen molar-refractivity contribution in [3.8, 4) is 0 Å². The van der Waals surface area contributed by atoms with Gasteiger partial charge in [-0.15, -0.1) is 11.3 Å². The highest BCUT2D eigenvalue weighted by Gasteiger charge is 2.18. The summed E-state index contributed by atoms with van der Waals surface area (Å²) in [6, 6.07) is 6.86. The molecular formula is C13H16N2O2S2. The maximum atomic E-state index is 12.3. The lowest BCUT2D eigenvalue weighted by Crippen LogP contribution is -2.04. The third-order valence-electron chi connectivity index (χ3n) is 2.82. The van der Waals surface area contributed by atoms with Gasteiger partial charge in [0.15, 0.2) is 9.84 Å². The third kappa shape index (κ3) is 3.20. The topological polar surface area (TPSA) is 73.0 Å². The number of aryl methyl sites for hydroxylation is 2. The van der Waals surface area contributed by atoms with Gasteiger partial charge in [-0.2, -0.15) is 0 Å². The fourth-order valence-electron chi connectivity index (χ4n) is 1.73. The van der Waals surface area contributed by atoms with E-state index in [-0.39, 0.29) is 5.75 Å². The van der Waals surface area contributed by atoms with Crippen LogP contribution < -0.4 is 5.73 Å². The van der Waals surface area contributed by atoms with E-state index in [1.54, 1.807) is 24.3 Å². The van der Waals surface area contributed by atoms with Crippen LogP contribution in [0.5, 0.6) is 0 Å². The zero-order chi connectivity index (χ0) is 14.0. The maximum Gasteiger partial charge on any atom is 0.184 e. The monoisotopic (exact) mass is 296 g/mol. The Hall–Kier alpha value is -1.24. The van der Waals surface area contributed by atoms with E-state index in [9.17, 15) is 8.42 Å². The molecule has 0 aliphatic carbocycles. The summed E-state index contributed by atoms with van der Waals surface area (Å²) in [6.07, 6.45) is 0. The molecule has 6 heteroatoms. The number of benzene rings is 1. The van der Waals surface area contributed by atoms with E-state index in [0.29, 0.717) is 16.4 Å². The van der Waals surface area contributed by atoms with Crippen molar-refractivity contribution in [3.05, 3.63) is 45.4 Å². The summed E-state index contributed by atoms with van der Waals surface area (Å²) in [5, 5.41) is 0.596. The molecule has 0 saturated heterocycles. The van der Waals surface area contributed by atoms with Crippen molar-refractivity contribution in [2.75, 3.05) is 0 Å². The largest absolute Gasteiger partial charge is 0.326 e. The summed E-state index contributed by atoms with van der Waals surface area (Å²) in [6.45, 7) is 4.17. The van der Waals surface area contributed by atoms with Gasteiger partial charge in [0.2, 0.25) is 0 Å². The minimum atomic E-state index is -3.33. The van der Waals surface area contributed by atoms with Crippen LogP contribution in [0.3, 0.4) is 0 Å². The molecule has 2 aromatic rings. The highest BCUT2D eigenvalue weighted by atomic mass is 32.2. The molecule has 0 amide bonds. The quantitative estimate of drug-likeness (QED) is 0.938. The van der Waals surface area contributed by atoms with Gasteiger partial charge in [-0.25, -0.2) is 13.4 Å². The van der Waals surface area contributed by atoms with Gasteiger partial charge in [-0.05, 0) is 26.0 Å². The van der Waals surface area contributed by atoms with Gasteiger partial charge in [0.05, 0.1) is 10.6 Å². The first-order valence-electron chi connectivity index (χ1n) is 5.87. The van der Waals surface area contributed by atoms with Crippen LogP contribution in [0, 0.1) is 13.8 Å².